The molecular formula is C29H17Cl2F3N2O4. The molecule has 0 saturated carbocycles. The second-order valence-electron chi connectivity index (χ2n) is 8.74. The summed E-state index contributed by atoms with van der Waals surface area (Å²) in [7, 11) is 0. The SMILES string of the molecule is O=C1NC(=O)N(c2cc(C(F)(F)F)ccc2Cl)C(=O)/C1=C/c1c(OCc2ccc(Cl)cc2)ccc2ccccc12. The van der Waals surface area contributed by atoms with Crippen molar-refractivity contribution in [3.8, 4) is 5.75 Å². The van der Waals surface area contributed by atoms with Crippen LogP contribution in [-0.2, 0) is 22.4 Å². The number of halogens is 5. The maximum atomic E-state index is 13.5. The summed E-state index contributed by atoms with van der Waals surface area (Å²) in [6, 6.07) is 18.6. The van der Waals surface area contributed by atoms with Gasteiger partial charge < -0.3 is 4.74 Å². The first-order chi connectivity index (χ1) is 19.0. The van der Waals surface area contributed by atoms with Gasteiger partial charge >= 0.3 is 12.2 Å². The van der Waals surface area contributed by atoms with Crippen LogP contribution in [0.4, 0.5) is 23.7 Å². The van der Waals surface area contributed by atoms with Crippen molar-refractivity contribution in [2.75, 3.05) is 4.90 Å². The molecule has 4 aromatic rings. The van der Waals surface area contributed by atoms with E-state index in [1.807, 2.05) is 17.4 Å². The summed E-state index contributed by atoms with van der Waals surface area (Å²) in [6.07, 6.45) is -3.51. The fraction of sp³-hybridized carbons (Fsp3) is 0.0690. The number of amides is 4. The Balaban J connectivity index is 1.59. The summed E-state index contributed by atoms with van der Waals surface area (Å²) < 4.78 is 46.1. The van der Waals surface area contributed by atoms with E-state index in [-0.39, 0.29) is 11.6 Å². The van der Waals surface area contributed by atoms with Crippen molar-refractivity contribution in [3.63, 3.8) is 0 Å². The summed E-state index contributed by atoms with van der Waals surface area (Å²) in [5.41, 5.74) is -0.981. The fourth-order valence-corrected chi connectivity index (χ4v) is 4.50. The number of anilines is 1. The molecule has 5 rings (SSSR count). The van der Waals surface area contributed by atoms with Gasteiger partial charge in [-0.3, -0.25) is 14.9 Å². The summed E-state index contributed by atoms with van der Waals surface area (Å²) in [5, 5.41) is 3.68. The Kier molecular flexibility index (Phi) is 7.27. The molecule has 11 heteroatoms. The molecule has 0 bridgehead atoms. The number of hydrogen-bond donors (Lipinski definition) is 1. The van der Waals surface area contributed by atoms with Crippen LogP contribution in [0.25, 0.3) is 16.8 Å². The summed E-state index contributed by atoms with van der Waals surface area (Å²) in [6.45, 7) is 0.135. The molecular weight excluding hydrogens is 568 g/mol. The molecule has 4 aromatic carbocycles. The molecule has 202 valence electrons. The smallest absolute Gasteiger partial charge is 0.416 e. The molecule has 0 atom stereocenters. The summed E-state index contributed by atoms with van der Waals surface area (Å²) in [4.78, 5) is 39.4. The Morgan fingerprint density at radius 3 is 2.35 bits per heavy atom. The van der Waals surface area contributed by atoms with E-state index in [0.717, 1.165) is 23.1 Å². The molecule has 40 heavy (non-hydrogen) atoms. The lowest BCUT2D eigenvalue weighted by Gasteiger charge is -2.27. The van der Waals surface area contributed by atoms with Crippen LogP contribution >= 0.6 is 23.2 Å². The molecule has 0 aromatic heterocycles. The number of nitrogens with zero attached hydrogens (tertiary/aromatic N) is 1. The third kappa shape index (κ3) is 5.38. The monoisotopic (exact) mass is 584 g/mol. The lowest BCUT2D eigenvalue weighted by Crippen LogP contribution is -2.54. The van der Waals surface area contributed by atoms with Gasteiger partial charge in [0.05, 0.1) is 16.3 Å². The van der Waals surface area contributed by atoms with Gasteiger partial charge in [-0.15, -0.1) is 0 Å². The molecule has 4 amide bonds. The van der Waals surface area contributed by atoms with Gasteiger partial charge in [0, 0.05) is 10.6 Å². The minimum Gasteiger partial charge on any atom is -0.488 e. The lowest BCUT2D eigenvalue weighted by atomic mass is 9.99. The number of urea groups is 1. The van der Waals surface area contributed by atoms with Crippen molar-refractivity contribution in [2.45, 2.75) is 12.8 Å². The largest absolute Gasteiger partial charge is 0.488 e. The van der Waals surface area contributed by atoms with Gasteiger partial charge in [0.15, 0.2) is 0 Å². The van der Waals surface area contributed by atoms with Crippen LogP contribution in [0.5, 0.6) is 5.75 Å². The normalized spacial score (nSPS) is 15.1. The zero-order valence-electron chi connectivity index (χ0n) is 20.3. The quantitative estimate of drug-likeness (QED) is 0.196. The minimum atomic E-state index is -4.76. The number of carbonyl (C=O) groups excluding carboxylic acids is 3. The number of hydrogen-bond acceptors (Lipinski definition) is 4. The highest BCUT2D eigenvalue weighted by atomic mass is 35.5. The fourth-order valence-electron chi connectivity index (χ4n) is 4.17. The van der Waals surface area contributed by atoms with E-state index in [1.54, 1.807) is 48.5 Å². The second-order valence-corrected chi connectivity index (χ2v) is 9.58. The average Bonchev–Trinajstić information content (AvgIpc) is 2.91. The van der Waals surface area contributed by atoms with E-state index < -0.39 is 40.8 Å². The first-order valence-corrected chi connectivity index (χ1v) is 12.5. The van der Waals surface area contributed by atoms with Crippen LogP contribution in [-0.4, -0.2) is 17.8 Å². The molecule has 0 spiro atoms. The molecule has 0 radical (unpaired) electrons. The molecule has 1 aliphatic rings. The van der Waals surface area contributed by atoms with E-state index in [0.29, 0.717) is 32.7 Å². The number of nitrogens with one attached hydrogen (secondary N) is 1. The van der Waals surface area contributed by atoms with Crippen molar-refractivity contribution in [3.05, 3.63) is 111 Å². The van der Waals surface area contributed by atoms with Crippen molar-refractivity contribution in [2.24, 2.45) is 0 Å². The van der Waals surface area contributed by atoms with Crippen LogP contribution < -0.4 is 15.0 Å². The predicted molar refractivity (Wildman–Crippen MR) is 145 cm³/mol. The Labute approximate surface area is 235 Å². The van der Waals surface area contributed by atoms with Crippen molar-refractivity contribution in [1.82, 2.24) is 5.32 Å². The maximum Gasteiger partial charge on any atom is 0.416 e. The lowest BCUT2D eigenvalue weighted by molar-refractivity contribution is -0.137. The summed E-state index contributed by atoms with van der Waals surface area (Å²) >= 11 is 12.0. The molecule has 0 aliphatic carbocycles. The first kappa shape index (κ1) is 27.2. The molecule has 6 nitrogen and oxygen atoms in total. The van der Waals surface area contributed by atoms with E-state index in [1.165, 1.54) is 6.08 Å². The van der Waals surface area contributed by atoms with Crippen molar-refractivity contribution >= 4 is 63.6 Å². The number of carbonyl (C=O) groups is 3. The second kappa shape index (κ2) is 10.7. The van der Waals surface area contributed by atoms with Crippen LogP contribution in [0.15, 0.2) is 84.4 Å². The van der Waals surface area contributed by atoms with E-state index >= 15 is 0 Å². The number of imide groups is 2. The molecule has 1 heterocycles. The summed E-state index contributed by atoms with van der Waals surface area (Å²) in [5.74, 6) is -1.85. The molecule has 1 aliphatic heterocycles. The number of benzene rings is 4. The van der Waals surface area contributed by atoms with Gasteiger partial charge in [0.25, 0.3) is 11.8 Å². The molecule has 1 N–H and O–H groups in total. The Morgan fingerprint density at radius 2 is 1.62 bits per heavy atom. The van der Waals surface area contributed by atoms with Crippen LogP contribution in [0.1, 0.15) is 16.7 Å². The Bertz CT molecular complexity index is 1700. The maximum absolute atomic E-state index is 13.5. The van der Waals surface area contributed by atoms with Gasteiger partial charge in [-0.1, -0.05) is 65.7 Å². The average molecular weight is 585 g/mol. The predicted octanol–water partition coefficient (Wildman–Crippen LogP) is 7.41. The van der Waals surface area contributed by atoms with Crippen LogP contribution in [0.2, 0.25) is 10.0 Å². The molecule has 1 fully saturated rings. The highest BCUT2D eigenvalue weighted by Gasteiger charge is 2.39. The van der Waals surface area contributed by atoms with Crippen molar-refractivity contribution < 1.29 is 32.3 Å². The van der Waals surface area contributed by atoms with E-state index in [9.17, 15) is 27.6 Å². The van der Waals surface area contributed by atoms with Gasteiger partial charge in [0.2, 0.25) is 0 Å². The number of rotatable bonds is 5. The van der Waals surface area contributed by atoms with Gasteiger partial charge in [-0.05, 0) is 58.8 Å². The van der Waals surface area contributed by atoms with E-state index in [4.69, 9.17) is 27.9 Å². The zero-order chi connectivity index (χ0) is 28.6. The first-order valence-electron chi connectivity index (χ1n) is 11.7. The van der Waals surface area contributed by atoms with Crippen LogP contribution in [0.3, 0.4) is 0 Å². The molecule has 0 unspecified atom stereocenters. The third-order valence-corrected chi connectivity index (χ3v) is 6.71. The topological polar surface area (TPSA) is 75.7 Å². The highest BCUT2D eigenvalue weighted by Crippen LogP contribution is 2.37. The third-order valence-electron chi connectivity index (χ3n) is 6.14. The standard InChI is InChI=1S/C29H17Cl2F3N2O4/c30-19-9-5-16(6-10-19)15-40-25-12-7-17-3-1-2-4-20(17)21(25)14-22-26(37)35-28(39)36(27(22)38)24-13-18(29(32,33)34)8-11-23(24)31/h1-14H,15H2,(H,35,37,39)/b22-14+. The minimum absolute atomic E-state index is 0.135. The number of barbiturate groups is 1. The van der Waals surface area contributed by atoms with Gasteiger partial charge in [-0.2, -0.15) is 13.2 Å². The number of ether oxygens (including phenoxy) is 1. The number of fused-ring (bicyclic) bond motifs is 1. The van der Waals surface area contributed by atoms with Crippen molar-refractivity contribution in [1.29, 1.82) is 0 Å². The zero-order valence-corrected chi connectivity index (χ0v) is 21.8. The van der Waals surface area contributed by atoms with Crippen LogP contribution in [0, 0.1) is 0 Å². The van der Waals surface area contributed by atoms with Gasteiger partial charge in [0.1, 0.15) is 17.9 Å². The highest BCUT2D eigenvalue weighted by molar-refractivity contribution is 6.42. The Morgan fingerprint density at radius 1 is 0.900 bits per heavy atom. The molecule has 1 saturated heterocycles. The number of alkyl halides is 3. The Hall–Kier alpha value is -4.34. The van der Waals surface area contributed by atoms with Gasteiger partial charge in [-0.25, -0.2) is 9.69 Å². The van der Waals surface area contributed by atoms with E-state index in [2.05, 4.69) is 0 Å².